The number of hydrogen-bond acceptors (Lipinski definition) is 5. The maximum absolute atomic E-state index is 8.56. The summed E-state index contributed by atoms with van der Waals surface area (Å²) >= 11 is 0. The topological polar surface area (TPSA) is 288 Å². The van der Waals surface area contributed by atoms with Crippen LogP contribution in [0.1, 0.15) is 45.7 Å². The molecule has 0 aliphatic carbocycles. The molecule has 0 aromatic rings. The second-order valence-corrected chi connectivity index (χ2v) is 1.41. The Kier molecular flexibility index (Phi) is 1340. The van der Waals surface area contributed by atoms with Crippen LogP contribution in [-0.2, 0) is 0 Å². The van der Waals surface area contributed by atoms with Gasteiger partial charge in [0, 0.05) is 0 Å². The minimum absolute atomic E-state index is 0. The van der Waals surface area contributed by atoms with Crippen molar-refractivity contribution in [3.05, 3.63) is 0 Å². The Labute approximate surface area is 1060 Å². The molecule has 0 unspecified atom stereocenters. The SMILES string of the molecule is O=C(O)O.O=C(O)O.O=C(O)O.O=C(O)O.O=C(O)O.[H-].[H-].[H-].[H-].[H-].[H-].[H-].[H-].[H-].[H-].[H-].[H-].[H-].[H-].[H-].[H-].[H-].[H-].[H-].[H-].[H-].[H-].[H-].[H-].[H-].[H-].[H-].[H-].[H-].[H-].[H-].[H-].[Na+].[Na+].[Na+].[Na+].[Na+].[Na+].[Na+].[Na+].[Na+].[Na+].[Na+].[Na+].[Na+].[Na+].[Na+].[Na+].[Na+].[Na+].[Na+].[Na+].[Na+].[Na+].[Na+].[Na+].[Na+].[Na+].[Na+].[Na+].[Na+].[Na+].[Na+].[Na+]. The summed E-state index contributed by atoms with van der Waals surface area (Å²) in [5.74, 6) is 0. The third-order valence-electron chi connectivity index (χ3n) is 0. The van der Waals surface area contributed by atoms with Gasteiger partial charge < -0.3 is 96.7 Å². The van der Waals surface area contributed by atoms with Gasteiger partial charge in [-0.3, -0.25) is 0 Å². The molecular formula is C5H42Na32O15. The summed E-state index contributed by atoms with van der Waals surface area (Å²) in [5, 5.41) is 69.7. The Morgan fingerprint density at radius 2 is 0.154 bits per heavy atom. The Bertz CT molecular complexity index is 331. The quantitative estimate of drug-likeness (QED) is 0.101. The molecule has 0 aliphatic heterocycles. The second kappa shape index (κ2) is 259. The fraction of sp³-hybridized carbons (Fsp3) is 0. The molecule has 47 heteroatoms. The van der Waals surface area contributed by atoms with E-state index < -0.39 is 30.8 Å². The molecule has 0 amide bonds. The molecular weight excluding hydrogens is 1040 g/mol. The molecule has 0 atom stereocenters. The maximum atomic E-state index is 8.56. The largest absolute Gasteiger partial charge is 1.00 e. The Balaban J connectivity index is -0.000000000420. The van der Waals surface area contributed by atoms with E-state index in [4.69, 9.17) is 75.0 Å². The molecule has 0 saturated carbocycles. The van der Waals surface area contributed by atoms with E-state index in [2.05, 4.69) is 0 Å². The molecule has 15 nitrogen and oxygen atoms in total. The van der Waals surface area contributed by atoms with E-state index in [1.165, 1.54) is 0 Å². The van der Waals surface area contributed by atoms with Crippen molar-refractivity contribution in [2.75, 3.05) is 0 Å². The minimum Gasteiger partial charge on any atom is -1.00 e. The van der Waals surface area contributed by atoms with Crippen LogP contribution in [0.25, 0.3) is 0 Å². The van der Waals surface area contributed by atoms with Crippen LogP contribution in [0.15, 0.2) is 0 Å². The zero-order valence-electron chi connectivity index (χ0n) is 73.0. The van der Waals surface area contributed by atoms with E-state index in [0.29, 0.717) is 0 Å². The molecule has 0 spiro atoms. The monoisotopic (exact) mass is 1080 g/mol. The molecule has 0 rings (SSSR count). The molecule has 0 aromatic heterocycles. The van der Waals surface area contributed by atoms with Crippen molar-refractivity contribution in [2.45, 2.75) is 0 Å². The van der Waals surface area contributed by atoms with E-state index >= 15 is 0 Å². The smallest absolute Gasteiger partial charge is 1.00 e. The summed E-state index contributed by atoms with van der Waals surface area (Å²) in [6.45, 7) is 0. The summed E-state index contributed by atoms with van der Waals surface area (Å²) in [7, 11) is 0. The van der Waals surface area contributed by atoms with Crippen molar-refractivity contribution in [3.8, 4) is 0 Å². The third-order valence-corrected chi connectivity index (χ3v) is 0. The summed E-state index contributed by atoms with van der Waals surface area (Å²) < 4.78 is 0. The fourth-order valence-corrected chi connectivity index (χ4v) is 0. The fourth-order valence-electron chi connectivity index (χ4n) is 0. The first-order valence-corrected chi connectivity index (χ1v) is 3.26. The summed E-state index contributed by atoms with van der Waals surface area (Å²) in [4.78, 5) is 42.8. The summed E-state index contributed by atoms with van der Waals surface area (Å²) in [5.41, 5.74) is 0. The van der Waals surface area contributed by atoms with Crippen LogP contribution in [0.4, 0.5) is 24.0 Å². The van der Waals surface area contributed by atoms with Gasteiger partial charge >= 0.3 is 977 Å². The van der Waals surface area contributed by atoms with Gasteiger partial charge in [0.25, 0.3) is 0 Å². The first-order chi connectivity index (χ1) is 8.66. The van der Waals surface area contributed by atoms with Gasteiger partial charge in [0.15, 0.2) is 0 Å². The number of hydrogen-bond donors (Lipinski definition) is 10. The average Bonchev–Trinajstić information content (AvgIpc) is 1.94. The van der Waals surface area contributed by atoms with Crippen molar-refractivity contribution in [1.82, 2.24) is 0 Å². The van der Waals surface area contributed by atoms with Crippen molar-refractivity contribution in [2.24, 2.45) is 0 Å². The van der Waals surface area contributed by atoms with E-state index in [1.807, 2.05) is 0 Å². The Morgan fingerprint density at radius 1 is 0.154 bits per heavy atom. The molecule has 0 saturated heterocycles. The van der Waals surface area contributed by atoms with Crippen LogP contribution in [0, 0.1) is 0 Å². The van der Waals surface area contributed by atoms with Gasteiger partial charge in [0.2, 0.25) is 0 Å². The van der Waals surface area contributed by atoms with Gasteiger partial charge in [-0.2, -0.15) is 0 Å². The standard InChI is InChI=1S/5CH2O3.32Na.32H/c5*2-1(3)4;;;;;;;;;;;;;;;;;;;;;;;;;;;;;;;;;;;;;;;;;;;;;;;;;;;;;;;;;;;;;;;;/h5*(H2,2,3,4);;;;;;;;;;;;;;;;;;;;;;;;;;;;;;;;;;;;;;;;;;;;;;;;;;;;;;;;;;;;;;;;/q;;;;;32*+1;32*-1. The van der Waals surface area contributed by atoms with Crippen LogP contribution in [-0.4, -0.2) is 81.8 Å². The molecule has 0 aromatic carbocycles. The molecule has 52 heavy (non-hydrogen) atoms. The minimum atomic E-state index is -1.83. The van der Waals surface area contributed by atoms with Crippen LogP contribution >= 0.6 is 0 Å². The van der Waals surface area contributed by atoms with Crippen molar-refractivity contribution < 1.29 is 1070 Å². The molecule has 0 heterocycles. The number of carbonyl (C=O) groups is 5. The van der Waals surface area contributed by atoms with Gasteiger partial charge in [-0.1, -0.05) is 0 Å². The zero-order chi connectivity index (χ0) is 17.9. The normalized spacial score (nSPS) is 2.31. The van der Waals surface area contributed by atoms with E-state index in [9.17, 15) is 0 Å². The van der Waals surface area contributed by atoms with Crippen LogP contribution in [0.5, 0.6) is 0 Å². The molecule has 0 aliphatic rings. The van der Waals surface area contributed by atoms with Crippen LogP contribution in [0.3, 0.4) is 0 Å². The Hall–Kier alpha value is 28.4. The molecule has 184 valence electrons. The van der Waals surface area contributed by atoms with Gasteiger partial charge in [0.1, 0.15) is 0 Å². The van der Waals surface area contributed by atoms with Crippen molar-refractivity contribution >= 4 is 30.8 Å². The van der Waals surface area contributed by atoms with Crippen LogP contribution < -0.4 is 946 Å². The van der Waals surface area contributed by atoms with E-state index in [1.54, 1.807) is 0 Å². The second-order valence-electron chi connectivity index (χ2n) is 1.41. The van der Waals surface area contributed by atoms with Gasteiger partial charge in [-0.25, -0.2) is 24.0 Å². The number of carboxylic acid groups (broad SMARTS) is 10. The predicted molar refractivity (Wildman–Crippen MR) is 88.9 cm³/mol. The average molecular weight is 1080 g/mol. The zero-order valence-corrected chi connectivity index (χ0v) is 105. The number of rotatable bonds is 0. The Morgan fingerprint density at radius 3 is 0.154 bits per heavy atom. The summed E-state index contributed by atoms with van der Waals surface area (Å²) in [6.07, 6.45) is -9.17. The third kappa shape index (κ3) is 583. The first kappa shape index (κ1) is 269. The van der Waals surface area contributed by atoms with Gasteiger partial charge in [-0.05, 0) is 0 Å². The maximum Gasteiger partial charge on any atom is 1.00 e. The van der Waals surface area contributed by atoms with Crippen molar-refractivity contribution in [3.63, 3.8) is 0 Å². The molecule has 0 radical (unpaired) electrons. The van der Waals surface area contributed by atoms with Gasteiger partial charge in [0.05, 0.1) is 0 Å². The van der Waals surface area contributed by atoms with E-state index in [-0.39, 0.29) is 991 Å². The first-order valence-electron chi connectivity index (χ1n) is 3.26. The van der Waals surface area contributed by atoms with Gasteiger partial charge in [-0.15, -0.1) is 0 Å². The van der Waals surface area contributed by atoms with Crippen LogP contribution in [0.2, 0.25) is 0 Å². The van der Waals surface area contributed by atoms with Crippen molar-refractivity contribution in [1.29, 1.82) is 0 Å². The van der Waals surface area contributed by atoms with E-state index in [0.717, 1.165) is 0 Å². The molecule has 10 N–H and O–H groups in total. The molecule has 0 fully saturated rings. The molecule has 0 bridgehead atoms. The predicted octanol–water partition coefficient (Wildman–Crippen LogP) is -91.2. The summed E-state index contributed by atoms with van der Waals surface area (Å²) in [6, 6.07) is 0.